The molecule has 0 bridgehead atoms. The standard InChI is InChI=1S/C11H11NO2/c1-2-10-9(4-6-14-10)11(13)8-3-5-12-7-8/h3-7,12H,2H2,1H3. The Labute approximate surface area is 81.7 Å². The molecule has 2 aromatic rings. The van der Waals surface area contributed by atoms with Crippen molar-refractivity contribution in [3.05, 3.63) is 47.7 Å². The number of ketones is 1. The smallest absolute Gasteiger partial charge is 0.198 e. The van der Waals surface area contributed by atoms with Crippen LogP contribution in [0.3, 0.4) is 0 Å². The van der Waals surface area contributed by atoms with Gasteiger partial charge in [0.2, 0.25) is 0 Å². The van der Waals surface area contributed by atoms with Gasteiger partial charge in [0, 0.05) is 24.4 Å². The lowest BCUT2D eigenvalue weighted by Crippen LogP contribution is -2.00. The summed E-state index contributed by atoms with van der Waals surface area (Å²) >= 11 is 0. The lowest BCUT2D eigenvalue weighted by atomic mass is 10.1. The molecule has 0 fully saturated rings. The Kier molecular flexibility index (Phi) is 2.23. The molecule has 0 unspecified atom stereocenters. The van der Waals surface area contributed by atoms with Gasteiger partial charge in [-0.2, -0.15) is 0 Å². The molecule has 3 nitrogen and oxygen atoms in total. The molecule has 0 spiro atoms. The van der Waals surface area contributed by atoms with Crippen LogP contribution in [0, 0.1) is 0 Å². The maximum Gasteiger partial charge on any atom is 0.198 e. The lowest BCUT2D eigenvalue weighted by Gasteiger charge is -1.96. The van der Waals surface area contributed by atoms with Crippen LogP contribution in [0.1, 0.15) is 28.6 Å². The molecule has 0 radical (unpaired) electrons. The third kappa shape index (κ3) is 1.37. The highest BCUT2D eigenvalue weighted by Crippen LogP contribution is 2.15. The van der Waals surface area contributed by atoms with Crippen molar-refractivity contribution in [3.8, 4) is 0 Å². The van der Waals surface area contributed by atoms with Gasteiger partial charge in [0.25, 0.3) is 0 Å². The molecule has 2 heterocycles. The maximum absolute atomic E-state index is 11.9. The third-order valence-corrected chi connectivity index (χ3v) is 2.17. The fourth-order valence-corrected chi connectivity index (χ4v) is 1.44. The summed E-state index contributed by atoms with van der Waals surface area (Å²) < 4.78 is 5.20. The van der Waals surface area contributed by atoms with Gasteiger partial charge in [-0.25, -0.2) is 0 Å². The molecule has 0 atom stereocenters. The first-order valence-electron chi connectivity index (χ1n) is 4.56. The number of nitrogens with one attached hydrogen (secondary N) is 1. The van der Waals surface area contributed by atoms with E-state index in [4.69, 9.17) is 4.42 Å². The normalized spacial score (nSPS) is 10.4. The number of H-pyrrole nitrogens is 1. The minimum absolute atomic E-state index is 0.0110. The van der Waals surface area contributed by atoms with Gasteiger partial charge in [-0.3, -0.25) is 4.79 Å². The topological polar surface area (TPSA) is 46.0 Å². The predicted octanol–water partition coefficient (Wildman–Crippen LogP) is 2.40. The summed E-state index contributed by atoms with van der Waals surface area (Å²) in [6.07, 6.45) is 5.71. The Morgan fingerprint density at radius 1 is 1.50 bits per heavy atom. The first kappa shape index (κ1) is 8.81. The first-order valence-corrected chi connectivity index (χ1v) is 4.56. The second-order valence-corrected chi connectivity index (χ2v) is 3.04. The number of hydrogen-bond donors (Lipinski definition) is 1. The lowest BCUT2D eigenvalue weighted by molar-refractivity contribution is 0.103. The van der Waals surface area contributed by atoms with Gasteiger partial charge in [0.05, 0.1) is 11.8 Å². The van der Waals surface area contributed by atoms with Crippen LogP contribution in [-0.4, -0.2) is 10.8 Å². The van der Waals surface area contributed by atoms with Crippen LogP contribution in [0.2, 0.25) is 0 Å². The van der Waals surface area contributed by atoms with Crippen molar-refractivity contribution in [3.63, 3.8) is 0 Å². The van der Waals surface area contributed by atoms with E-state index in [1.807, 2.05) is 6.92 Å². The molecule has 0 saturated carbocycles. The van der Waals surface area contributed by atoms with Gasteiger partial charge in [0.1, 0.15) is 5.76 Å². The van der Waals surface area contributed by atoms with Crippen LogP contribution < -0.4 is 0 Å². The monoisotopic (exact) mass is 189 g/mol. The highest BCUT2D eigenvalue weighted by Gasteiger charge is 2.15. The van der Waals surface area contributed by atoms with Gasteiger partial charge in [0.15, 0.2) is 5.78 Å². The molecule has 0 amide bonds. The summed E-state index contributed by atoms with van der Waals surface area (Å²) in [6.45, 7) is 1.97. The highest BCUT2D eigenvalue weighted by atomic mass is 16.3. The van der Waals surface area contributed by atoms with E-state index in [0.717, 1.165) is 12.2 Å². The van der Waals surface area contributed by atoms with Crippen LogP contribution in [0.25, 0.3) is 0 Å². The fraction of sp³-hybridized carbons (Fsp3) is 0.182. The largest absolute Gasteiger partial charge is 0.469 e. The minimum Gasteiger partial charge on any atom is -0.469 e. The summed E-state index contributed by atoms with van der Waals surface area (Å²) in [5.74, 6) is 0.757. The molecule has 1 N–H and O–H groups in total. The Bertz CT molecular complexity index is 426. The highest BCUT2D eigenvalue weighted by molar-refractivity contribution is 6.09. The van der Waals surface area contributed by atoms with Crippen LogP contribution in [0.5, 0.6) is 0 Å². The second kappa shape index (κ2) is 3.54. The molecule has 72 valence electrons. The van der Waals surface area contributed by atoms with Gasteiger partial charge in [-0.05, 0) is 12.1 Å². The average molecular weight is 189 g/mol. The van der Waals surface area contributed by atoms with E-state index in [9.17, 15) is 4.79 Å². The average Bonchev–Trinajstić information content (AvgIpc) is 2.87. The zero-order valence-corrected chi connectivity index (χ0v) is 7.91. The van der Waals surface area contributed by atoms with Gasteiger partial charge in [-0.15, -0.1) is 0 Å². The van der Waals surface area contributed by atoms with Gasteiger partial charge >= 0.3 is 0 Å². The predicted molar refractivity (Wildman–Crippen MR) is 52.3 cm³/mol. The summed E-state index contributed by atoms with van der Waals surface area (Å²) in [5.41, 5.74) is 1.33. The molecular weight excluding hydrogens is 178 g/mol. The molecule has 0 saturated heterocycles. The van der Waals surface area contributed by atoms with E-state index in [1.54, 1.807) is 30.8 Å². The van der Waals surface area contributed by atoms with Crippen LogP contribution in [0.15, 0.2) is 35.2 Å². The van der Waals surface area contributed by atoms with E-state index in [-0.39, 0.29) is 5.78 Å². The first-order chi connectivity index (χ1) is 6.83. The van der Waals surface area contributed by atoms with Crippen molar-refractivity contribution in [1.29, 1.82) is 0 Å². The number of rotatable bonds is 3. The van der Waals surface area contributed by atoms with Crippen molar-refractivity contribution in [2.24, 2.45) is 0 Å². The molecule has 2 rings (SSSR count). The van der Waals surface area contributed by atoms with Crippen molar-refractivity contribution >= 4 is 5.78 Å². The van der Waals surface area contributed by atoms with Crippen LogP contribution >= 0.6 is 0 Å². The summed E-state index contributed by atoms with van der Waals surface area (Å²) in [4.78, 5) is 14.7. The Hall–Kier alpha value is -1.77. The quantitative estimate of drug-likeness (QED) is 0.753. The van der Waals surface area contributed by atoms with Crippen molar-refractivity contribution in [1.82, 2.24) is 4.98 Å². The number of aryl methyl sites for hydroxylation is 1. The van der Waals surface area contributed by atoms with E-state index in [0.29, 0.717) is 11.1 Å². The molecule has 0 aliphatic heterocycles. The molecule has 0 aliphatic carbocycles. The Morgan fingerprint density at radius 3 is 3.00 bits per heavy atom. The van der Waals surface area contributed by atoms with Crippen molar-refractivity contribution in [2.75, 3.05) is 0 Å². The number of furan rings is 1. The zero-order valence-electron chi connectivity index (χ0n) is 7.91. The fourth-order valence-electron chi connectivity index (χ4n) is 1.44. The molecule has 0 aromatic carbocycles. The Balaban J connectivity index is 2.36. The van der Waals surface area contributed by atoms with Crippen molar-refractivity contribution < 1.29 is 9.21 Å². The summed E-state index contributed by atoms with van der Waals surface area (Å²) in [7, 11) is 0. The van der Waals surface area contributed by atoms with E-state index >= 15 is 0 Å². The van der Waals surface area contributed by atoms with Gasteiger partial charge in [-0.1, -0.05) is 6.92 Å². The molecule has 3 heteroatoms. The minimum atomic E-state index is 0.0110. The summed E-state index contributed by atoms with van der Waals surface area (Å²) in [6, 6.07) is 3.48. The Morgan fingerprint density at radius 2 is 2.36 bits per heavy atom. The second-order valence-electron chi connectivity index (χ2n) is 3.04. The number of aromatic nitrogens is 1. The third-order valence-electron chi connectivity index (χ3n) is 2.17. The molecule has 0 aliphatic rings. The molecule has 14 heavy (non-hydrogen) atoms. The summed E-state index contributed by atoms with van der Waals surface area (Å²) in [5, 5.41) is 0. The maximum atomic E-state index is 11.9. The number of carbonyl (C=O) groups is 1. The van der Waals surface area contributed by atoms with Gasteiger partial charge < -0.3 is 9.40 Å². The van der Waals surface area contributed by atoms with E-state index in [1.165, 1.54) is 0 Å². The number of carbonyl (C=O) groups excluding carboxylic acids is 1. The number of hydrogen-bond acceptors (Lipinski definition) is 2. The molecular formula is C11H11NO2. The van der Waals surface area contributed by atoms with Crippen LogP contribution in [-0.2, 0) is 6.42 Å². The van der Waals surface area contributed by atoms with Crippen LogP contribution in [0.4, 0.5) is 0 Å². The van der Waals surface area contributed by atoms with E-state index in [2.05, 4.69) is 4.98 Å². The zero-order chi connectivity index (χ0) is 9.97. The molecule has 2 aromatic heterocycles. The number of aromatic amines is 1. The SMILES string of the molecule is CCc1occc1C(=O)c1cc[nH]c1. The van der Waals surface area contributed by atoms with Crippen molar-refractivity contribution in [2.45, 2.75) is 13.3 Å². The van der Waals surface area contributed by atoms with E-state index < -0.39 is 0 Å².